The number of piperidine rings is 1. The Kier molecular flexibility index (Phi) is 30.1. The van der Waals surface area contributed by atoms with E-state index >= 15 is 4.39 Å². The third-order valence-electron chi connectivity index (χ3n) is 22.7. The molecule has 0 aliphatic carbocycles. The summed E-state index contributed by atoms with van der Waals surface area (Å²) in [5.74, 6) is 2.79. The Labute approximate surface area is 739 Å². The van der Waals surface area contributed by atoms with Gasteiger partial charge in [-0.1, -0.05) is 32.6 Å². The van der Waals surface area contributed by atoms with Crippen LogP contribution in [0.4, 0.5) is 50.7 Å². The van der Waals surface area contributed by atoms with Crippen molar-refractivity contribution in [2.24, 2.45) is 0 Å². The Morgan fingerprint density at radius 2 is 1.30 bits per heavy atom. The van der Waals surface area contributed by atoms with Crippen LogP contribution in [0.5, 0.6) is 5.75 Å². The molecule has 0 radical (unpaired) electrons. The third-order valence-corrected chi connectivity index (χ3v) is 28.7. The molecule has 670 valence electrons. The van der Waals surface area contributed by atoms with Gasteiger partial charge >= 0.3 is 0 Å². The number of nitrogens with zero attached hydrogens (tertiary/aromatic N) is 16. The highest BCUT2D eigenvalue weighted by atomic mass is 32.2. The molecule has 3 unspecified atom stereocenters. The zero-order chi connectivity index (χ0) is 89.8. The zero-order valence-electron chi connectivity index (χ0n) is 73.4. The van der Waals surface area contributed by atoms with Crippen LogP contribution in [0.1, 0.15) is 119 Å². The number of aromatic nitrogens is 11. The monoisotopic (exact) mass is 1800 g/mol. The van der Waals surface area contributed by atoms with Gasteiger partial charge in [-0.2, -0.15) is 26.7 Å². The number of hydrogen-bond donors (Lipinski definition) is 4. The predicted octanol–water partition coefficient (Wildman–Crippen LogP) is 12.3. The van der Waals surface area contributed by atoms with Crippen LogP contribution in [0, 0.1) is 5.82 Å². The molecule has 126 heavy (non-hydrogen) atoms. The maximum atomic E-state index is 15.2. The number of halogens is 1. The van der Waals surface area contributed by atoms with E-state index in [-0.39, 0.29) is 94.9 Å². The van der Waals surface area contributed by atoms with Gasteiger partial charge in [0.15, 0.2) is 0 Å². The Morgan fingerprint density at radius 3 is 1.89 bits per heavy atom. The van der Waals surface area contributed by atoms with Crippen molar-refractivity contribution in [1.29, 1.82) is 0 Å². The van der Waals surface area contributed by atoms with Crippen LogP contribution in [-0.4, -0.2) is 224 Å². The summed E-state index contributed by atoms with van der Waals surface area (Å²) in [6.45, 7) is 25.0. The first kappa shape index (κ1) is 92.5. The quantitative estimate of drug-likeness (QED) is 0.0313. The lowest BCUT2D eigenvalue weighted by molar-refractivity contribution is 0.114. The highest BCUT2D eigenvalue weighted by molar-refractivity contribution is 7.99. The largest absolute Gasteiger partial charge is 0.490 e. The molecule has 32 nitrogen and oxygen atoms in total. The van der Waals surface area contributed by atoms with E-state index < -0.39 is 35.9 Å². The number of fused-ring (bicyclic) bond motifs is 3. The lowest BCUT2D eigenvalue weighted by atomic mass is 9.94. The number of benzene rings is 3. The summed E-state index contributed by atoms with van der Waals surface area (Å²) in [5, 5.41) is 14.5. The first-order chi connectivity index (χ1) is 60.4. The topological polar surface area (TPSA) is 356 Å². The number of rotatable bonds is 31. The van der Waals surface area contributed by atoms with Gasteiger partial charge in [0.1, 0.15) is 52.4 Å². The lowest BCUT2D eigenvalue weighted by Crippen LogP contribution is -2.49. The molecule has 3 aliphatic heterocycles. The van der Waals surface area contributed by atoms with Gasteiger partial charge in [-0.05, 0) is 171 Å². The minimum Gasteiger partial charge on any atom is -0.490 e. The number of hydrogen-bond acceptors (Lipinski definition) is 29. The summed E-state index contributed by atoms with van der Waals surface area (Å²) in [4.78, 5) is 84.1. The molecule has 3 fully saturated rings. The normalized spacial score (nSPS) is 15.8. The number of pyridine rings is 3. The van der Waals surface area contributed by atoms with Gasteiger partial charge in [0.25, 0.3) is 16.7 Å². The Morgan fingerprint density at radius 1 is 0.706 bits per heavy atom. The van der Waals surface area contributed by atoms with Gasteiger partial charge in [-0.25, -0.2) is 45.1 Å². The van der Waals surface area contributed by atoms with Crippen molar-refractivity contribution in [3.63, 3.8) is 0 Å². The predicted molar refractivity (Wildman–Crippen MR) is 496 cm³/mol. The van der Waals surface area contributed by atoms with Gasteiger partial charge in [0.2, 0.25) is 42.8 Å². The summed E-state index contributed by atoms with van der Waals surface area (Å²) in [6, 6.07) is 29.8. The summed E-state index contributed by atoms with van der Waals surface area (Å²) < 4.78 is 107. The minimum absolute atomic E-state index is 0.0124. The second-order valence-electron chi connectivity index (χ2n) is 32.0. The van der Waals surface area contributed by atoms with Crippen molar-refractivity contribution < 1.29 is 43.7 Å². The molecule has 0 bridgehead atoms. The minimum atomic E-state index is -3.78. The van der Waals surface area contributed by atoms with Crippen molar-refractivity contribution in [2.75, 3.05) is 144 Å². The third kappa shape index (κ3) is 21.6. The molecular weight excluding hydrogens is 1690 g/mol. The molecular formula is C89H111FN20O12S4. The smallest absolute Gasteiger partial charge is 0.276 e. The number of likely N-dealkylation sites (tertiary alicyclic amines) is 1. The number of nitrogens with one attached hydrogen (secondary N) is 4. The fourth-order valence-electron chi connectivity index (χ4n) is 15.5. The summed E-state index contributed by atoms with van der Waals surface area (Å²) in [6.07, 6.45) is 16.0. The molecule has 15 rings (SSSR count). The highest BCUT2D eigenvalue weighted by Gasteiger charge is 2.30. The average Bonchev–Trinajstić information content (AvgIpc) is 1.31. The fraction of sp³-hybridized carbons (Fsp3) is 0.416. The van der Waals surface area contributed by atoms with E-state index in [9.17, 15) is 35.4 Å². The SMILES string of the molecule is C=C(c1cc2cnc(Nc3ccc(C4CN(C)CCS4)cc3)nc2n(Cc2ccoc2S(=O)(=O)C(C)C)c1=O)N(C)C.CCC(CC)c1cc2cnc(Nc3ccc(OC4CCN(C)CC4)cc3)nc2n(Cc2occc2S(C)=O)c1=O.CCN(CC)c1cc2cnc(Nc3ccc(N4CCNC(C)C4)c(F)c3)nc2n(Cc2cncn2S(=O)(=O)CCOC)c1=O. The molecule has 37 heteroatoms. The Balaban J connectivity index is 0.000000162. The average molecular weight is 1800 g/mol. The molecule has 9 aromatic heterocycles. The van der Waals surface area contributed by atoms with E-state index in [0.29, 0.717) is 110 Å². The number of methoxy groups -OCH3 is 1. The maximum Gasteiger partial charge on any atom is 0.276 e. The number of imidazole rings is 1. The molecule has 3 saturated heterocycles. The molecule has 0 spiro atoms. The van der Waals surface area contributed by atoms with Crippen LogP contribution in [0.15, 0.2) is 180 Å². The fourth-order valence-corrected chi connectivity index (χ4v) is 19.9. The van der Waals surface area contributed by atoms with E-state index in [4.69, 9.17) is 28.3 Å². The van der Waals surface area contributed by atoms with Crippen LogP contribution in [0.2, 0.25) is 0 Å². The van der Waals surface area contributed by atoms with Crippen LogP contribution >= 0.6 is 11.8 Å². The summed E-state index contributed by atoms with van der Waals surface area (Å²) >= 11 is 1.97. The van der Waals surface area contributed by atoms with Crippen molar-refractivity contribution in [1.82, 2.24) is 72.6 Å². The summed E-state index contributed by atoms with van der Waals surface area (Å²) in [7, 11) is 0.583. The van der Waals surface area contributed by atoms with Crippen molar-refractivity contribution in [2.45, 2.75) is 132 Å². The van der Waals surface area contributed by atoms with Crippen LogP contribution < -0.4 is 52.5 Å². The molecule has 3 aromatic carbocycles. The second kappa shape index (κ2) is 41.1. The number of anilines is 8. The van der Waals surface area contributed by atoms with E-state index in [1.165, 1.54) is 52.9 Å². The van der Waals surface area contributed by atoms with Crippen LogP contribution in [-0.2, 0) is 55.0 Å². The molecule has 12 heterocycles. The van der Waals surface area contributed by atoms with Crippen molar-refractivity contribution in [3.8, 4) is 5.75 Å². The number of ether oxygens (including phenoxy) is 2. The molecule has 0 saturated carbocycles. The van der Waals surface area contributed by atoms with E-state index in [1.54, 1.807) is 98.7 Å². The molecule has 4 N–H and O–H groups in total. The number of furan rings is 2. The van der Waals surface area contributed by atoms with Crippen molar-refractivity contribution in [3.05, 3.63) is 218 Å². The maximum absolute atomic E-state index is 15.2. The van der Waals surface area contributed by atoms with Gasteiger partial charge in [-0.15, -0.1) is 0 Å². The van der Waals surface area contributed by atoms with Gasteiger partial charge in [-0.3, -0.25) is 32.3 Å². The second-order valence-corrected chi connectivity index (χ2v) is 39.0. The van der Waals surface area contributed by atoms with E-state index in [1.807, 2.05) is 77.9 Å². The molecule has 3 atom stereocenters. The number of piperazine rings is 1. The first-order valence-corrected chi connectivity index (χ1v) is 47.9. The highest BCUT2D eigenvalue weighted by Crippen LogP contribution is 2.36. The first-order valence-electron chi connectivity index (χ1n) is 42.2. The lowest BCUT2D eigenvalue weighted by Gasteiger charge is -2.33. The van der Waals surface area contributed by atoms with E-state index in [0.717, 1.165) is 96.2 Å². The number of thioether (sulfide) groups is 1. The van der Waals surface area contributed by atoms with Crippen LogP contribution in [0.3, 0.4) is 0 Å². The van der Waals surface area contributed by atoms with Gasteiger partial charge in [0.05, 0.1) is 88.6 Å². The van der Waals surface area contributed by atoms with Gasteiger partial charge < -0.3 is 64.1 Å². The molecule has 0 amide bonds. The van der Waals surface area contributed by atoms with Crippen LogP contribution in [0.25, 0.3) is 38.8 Å². The Hall–Kier alpha value is -11.2. The van der Waals surface area contributed by atoms with Crippen molar-refractivity contribution >= 4 is 128 Å². The van der Waals surface area contributed by atoms with Gasteiger partial charge in [0, 0.05) is 172 Å². The standard InChI is InChI=1S/C30H36N6O4S2.C30H37N5O4S.C29H38FN9O4S/c1-19(2)42(38,39)29-22(11-13-40-29)17-36-27-23(15-25(28(36)37)20(3)34(4)5)16-31-30(33-27)32-24-9-7-21(8-10-24)26-18-35(6)12-14-41-26;1-5-20(6-2)25-17-21-18-31-30(32-22-7-9-23(10-8-22)39-24-11-14-34(3)15-12-24)33-28(21)35(29(25)36)19-26-27(40(4)37)13-16-38-26;1-5-36(6-2)26-13-21-15-33-29(34-22-7-8-25(24(30)14-22)37-10-9-32-20(3)17-37)35-27(21)38(28(26)40)18-23-16-31-19-39(23)44(41,42)12-11-43-4/h7-11,13,15-16,19,26H,3,12,14,17-18H2,1-2,4-6H3,(H,31,32,33);7-10,13,16-18,20,24H,5-6,11-12,14-15,19H2,1-4H3,(H,31,32,33);7-8,13-16,19-20,32H,5-6,9-12,17-18H2,1-4H3,(H,33,34,35). The molecule has 3 aliphatic rings. The Bertz CT molecular complexity index is 6300. The summed E-state index contributed by atoms with van der Waals surface area (Å²) in [5.41, 5.74) is 6.93. The van der Waals surface area contributed by atoms with E-state index in [2.05, 4.69) is 110 Å². The zero-order valence-corrected chi connectivity index (χ0v) is 76.6. The molecule has 12 aromatic rings. The number of sulfone groups is 1. The number of likely N-dealkylation sites (N-methyl/N-ethyl adjacent to an activating group) is 1.